The third kappa shape index (κ3) is 2.73. The number of amides is 1. The predicted octanol–water partition coefficient (Wildman–Crippen LogP) is 1.90. The molecule has 114 valence electrons. The van der Waals surface area contributed by atoms with E-state index in [1.165, 1.54) is 0 Å². The molecule has 1 saturated heterocycles. The number of hydrogen-bond donors (Lipinski definition) is 3. The summed E-state index contributed by atoms with van der Waals surface area (Å²) in [4.78, 5) is 14.1. The lowest BCUT2D eigenvalue weighted by molar-refractivity contribution is -0.117. The molecule has 3 N–H and O–H groups in total. The molecule has 3 rings (SSSR count). The molecular formula is C15H20ClN3O2. The highest BCUT2D eigenvalue weighted by Crippen LogP contribution is 2.39. The number of nitrogens with one attached hydrogen (secondary N) is 2. The van der Waals surface area contributed by atoms with Gasteiger partial charge in [-0.25, -0.2) is 0 Å². The van der Waals surface area contributed by atoms with Gasteiger partial charge in [0.2, 0.25) is 5.91 Å². The van der Waals surface area contributed by atoms with Crippen molar-refractivity contribution in [1.29, 1.82) is 0 Å². The zero-order valence-electron chi connectivity index (χ0n) is 12.0. The fraction of sp³-hybridized carbons (Fsp3) is 0.533. The third-order valence-corrected chi connectivity index (χ3v) is 4.36. The molecule has 0 spiro atoms. The second kappa shape index (κ2) is 5.83. The Balaban J connectivity index is 1.89. The molecule has 2 unspecified atom stereocenters. The molecule has 6 heteroatoms. The van der Waals surface area contributed by atoms with Crippen molar-refractivity contribution < 1.29 is 9.90 Å². The molecule has 0 aromatic heterocycles. The minimum absolute atomic E-state index is 0.0341. The number of benzene rings is 1. The molecule has 5 nitrogen and oxygen atoms in total. The molecule has 21 heavy (non-hydrogen) atoms. The summed E-state index contributed by atoms with van der Waals surface area (Å²) in [5.74, 6) is -0.0341. The first-order valence-electron chi connectivity index (χ1n) is 7.41. The molecule has 0 radical (unpaired) electrons. The third-order valence-electron chi connectivity index (χ3n) is 4.05. The summed E-state index contributed by atoms with van der Waals surface area (Å²) in [5.41, 5.74) is 2.60. The molecule has 1 amide bonds. The van der Waals surface area contributed by atoms with Crippen LogP contribution in [0.2, 0.25) is 5.02 Å². The van der Waals surface area contributed by atoms with Gasteiger partial charge in [-0.3, -0.25) is 4.79 Å². The Bertz CT molecular complexity index is 564. The molecule has 0 saturated carbocycles. The van der Waals surface area contributed by atoms with Gasteiger partial charge in [-0.2, -0.15) is 0 Å². The monoisotopic (exact) mass is 309 g/mol. The summed E-state index contributed by atoms with van der Waals surface area (Å²) in [6, 6.07) is 3.46. The second-order valence-electron chi connectivity index (χ2n) is 5.66. The number of halogens is 1. The average Bonchev–Trinajstić information content (AvgIpc) is 2.99. The summed E-state index contributed by atoms with van der Waals surface area (Å²) < 4.78 is 0. The van der Waals surface area contributed by atoms with E-state index in [2.05, 4.69) is 22.5 Å². The van der Waals surface area contributed by atoms with Gasteiger partial charge in [0.05, 0.1) is 16.8 Å². The number of anilines is 2. The fourth-order valence-electron chi connectivity index (χ4n) is 2.96. The molecule has 2 aliphatic heterocycles. The van der Waals surface area contributed by atoms with E-state index in [1.807, 2.05) is 12.1 Å². The van der Waals surface area contributed by atoms with Crippen LogP contribution in [0, 0.1) is 0 Å². The van der Waals surface area contributed by atoms with E-state index < -0.39 is 0 Å². The van der Waals surface area contributed by atoms with Gasteiger partial charge in [0.1, 0.15) is 6.04 Å². The molecular weight excluding hydrogens is 290 g/mol. The Hall–Kier alpha value is -1.30. The van der Waals surface area contributed by atoms with Crippen molar-refractivity contribution in [2.45, 2.75) is 31.9 Å². The van der Waals surface area contributed by atoms with E-state index in [9.17, 15) is 9.90 Å². The number of β-amino-alcohol motifs (C(OH)–C–C–N with tert-alkyl or cyclic N) is 1. The molecule has 0 aliphatic carbocycles. The highest BCUT2D eigenvalue weighted by atomic mass is 35.5. The van der Waals surface area contributed by atoms with Crippen LogP contribution in [0.15, 0.2) is 12.1 Å². The van der Waals surface area contributed by atoms with E-state index >= 15 is 0 Å². The molecule has 1 aromatic rings. The van der Waals surface area contributed by atoms with Gasteiger partial charge in [-0.05, 0) is 31.5 Å². The number of nitrogens with zero attached hydrogens (tertiary/aromatic N) is 1. The van der Waals surface area contributed by atoms with Crippen LogP contribution in [-0.2, 0) is 4.79 Å². The van der Waals surface area contributed by atoms with Crippen molar-refractivity contribution in [2.24, 2.45) is 0 Å². The lowest BCUT2D eigenvalue weighted by Gasteiger charge is -2.20. The Morgan fingerprint density at radius 1 is 1.52 bits per heavy atom. The van der Waals surface area contributed by atoms with E-state index in [0.717, 1.165) is 42.9 Å². The maximum absolute atomic E-state index is 12.1. The first kappa shape index (κ1) is 14.6. The fourth-order valence-corrected chi connectivity index (χ4v) is 3.26. The largest absolute Gasteiger partial charge is 0.391 e. The molecule has 2 atom stereocenters. The number of aliphatic hydroxyl groups excluding tert-OH is 1. The smallest absolute Gasteiger partial charge is 0.246 e. The van der Waals surface area contributed by atoms with Gasteiger partial charge in [-0.1, -0.05) is 18.5 Å². The van der Waals surface area contributed by atoms with Gasteiger partial charge >= 0.3 is 0 Å². The van der Waals surface area contributed by atoms with Crippen LogP contribution in [0.25, 0.3) is 0 Å². The number of carbonyl (C=O) groups is 1. The quantitative estimate of drug-likeness (QED) is 0.795. The summed E-state index contributed by atoms with van der Waals surface area (Å²) in [5, 5.41) is 16.4. The Kier molecular flexibility index (Phi) is 4.06. The van der Waals surface area contributed by atoms with E-state index in [4.69, 9.17) is 11.6 Å². The second-order valence-corrected chi connectivity index (χ2v) is 6.06. The Morgan fingerprint density at radius 3 is 3.00 bits per heavy atom. The van der Waals surface area contributed by atoms with Crippen molar-refractivity contribution >= 4 is 28.9 Å². The highest BCUT2D eigenvalue weighted by Gasteiger charge is 2.32. The van der Waals surface area contributed by atoms with Gasteiger partial charge in [-0.15, -0.1) is 0 Å². The van der Waals surface area contributed by atoms with Crippen molar-refractivity contribution in [3.05, 3.63) is 22.7 Å². The van der Waals surface area contributed by atoms with E-state index in [1.54, 1.807) is 0 Å². The first-order chi connectivity index (χ1) is 10.1. The minimum Gasteiger partial charge on any atom is -0.391 e. The first-order valence-corrected chi connectivity index (χ1v) is 7.78. The van der Waals surface area contributed by atoms with Crippen molar-refractivity contribution in [1.82, 2.24) is 5.32 Å². The number of aliphatic hydroxyl groups is 1. The number of rotatable bonds is 4. The zero-order valence-corrected chi connectivity index (χ0v) is 12.8. The lowest BCUT2D eigenvalue weighted by Crippen LogP contribution is -2.28. The van der Waals surface area contributed by atoms with Crippen LogP contribution >= 0.6 is 11.6 Å². The lowest BCUT2D eigenvalue weighted by atomic mass is 10.1. The van der Waals surface area contributed by atoms with Crippen molar-refractivity contribution in [3.63, 3.8) is 0 Å². The molecule has 1 aromatic carbocycles. The topological polar surface area (TPSA) is 64.6 Å². The molecule has 2 heterocycles. The molecule has 1 fully saturated rings. The molecule has 0 bridgehead atoms. The van der Waals surface area contributed by atoms with Crippen LogP contribution in [-0.4, -0.2) is 36.8 Å². The minimum atomic E-state index is -0.323. The van der Waals surface area contributed by atoms with Crippen LogP contribution in [0.4, 0.5) is 11.4 Å². The van der Waals surface area contributed by atoms with Gasteiger partial charge in [0.25, 0.3) is 0 Å². The number of fused-ring (bicyclic) bond motifs is 1. The van der Waals surface area contributed by atoms with Gasteiger partial charge in [0, 0.05) is 24.3 Å². The van der Waals surface area contributed by atoms with Crippen LogP contribution in [0.3, 0.4) is 0 Å². The molecule has 2 aliphatic rings. The van der Waals surface area contributed by atoms with Gasteiger partial charge in [0.15, 0.2) is 0 Å². The summed E-state index contributed by atoms with van der Waals surface area (Å²) >= 11 is 6.39. The predicted molar refractivity (Wildman–Crippen MR) is 84.0 cm³/mol. The van der Waals surface area contributed by atoms with Crippen LogP contribution < -0.4 is 15.5 Å². The average molecular weight is 310 g/mol. The normalized spacial score (nSPS) is 24.3. The number of carbonyl (C=O) groups excluding carboxylic acids is 1. The van der Waals surface area contributed by atoms with Crippen molar-refractivity contribution in [2.75, 3.05) is 29.9 Å². The van der Waals surface area contributed by atoms with E-state index in [-0.39, 0.29) is 18.1 Å². The Morgan fingerprint density at radius 2 is 2.33 bits per heavy atom. The summed E-state index contributed by atoms with van der Waals surface area (Å²) in [6.45, 7) is 4.22. The number of hydrogen-bond acceptors (Lipinski definition) is 4. The Labute approximate surface area is 129 Å². The maximum atomic E-state index is 12.1. The van der Waals surface area contributed by atoms with Crippen LogP contribution in [0.1, 0.15) is 31.4 Å². The van der Waals surface area contributed by atoms with Gasteiger partial charge < -0.3 is 20.6 Å². The van der Waals surface area contributed by atoms with Crippen LogP contribution in [0.5, 0.6) is 0 Å². The summed E-state index contributed by atoms with van der Waals surface area (Å²) in [7, 11) is 0. The maximum Gasteiger partial charge on any atom is 0.246 e. The summed E-state index contributed by atoms with van der Waals surface area (Å²) in [6.07, 6.45) is 1.42. The van der Waals surface area contributed by atoms with Crippen molar-refractivity contribution in [3.8, 4) is 0 Å². The SMILES string of the molecule is CCCNC1C(=O)Nc2cc(N3CCC(O)C3)c(Cl)cc21. The standard InChI is InChI=1S/C15H20ClN3O2/c1-2-4-17-14-10-6-11(16)13(7-12(10)18-15(14)21)19-5-3-9(20)8-19/h6-7,9,14,17,20H,2-5,8H2,1H3,(H,18,21). The van der Waals surface area contributed by atoms with E-state index in [0.29, 0.717) is 11.6 Å². The highest BCUT2D eigenvalue weighted by molar-refractivity contribution is 6.33. The zero-order chi connectivity index (χ0) is 15.0.